The fourth-order valence-electron chi connectivity index (χ4n) is 2.77. The van der Waals surface area contributed by atoms with E-state index in [4.69, 9.17) is 27.7 Å². The van der Waals surface area contributed by atoms with Crippen molar-refractivity contribution in [3.8, 4) is 0 Å². The van der Waals surface area contributed by atoms with Gasteiger partial charge in [0.15, 0.2) is 0 Å². The van der Waals surface area contributed by atoms with Crippen LogP contribution >= 0.6 is 23.2 Å². The Kier molecular flexibility index (Phi) is 5.26. The van der Waals surface area contributed by atoms with Crippen molar-refractivity contribution < 1.29 is 9.32 Å². The number of rotatable bonds is 4. The lowest BCUT2D eigenvalue weighted by Crippen LogP contribution is -2.49. The molecule has 2 aromatic rings. The Labute approximate surface area is 150 Å². The molecule has 6 nitrogen and oxygen atoms in total. The third kappa shape index (κ3) is 3.82. The smallest absolute Gasteiger partial charge is 0.229 e. The molecule has 0 radical (unpaired) electrons. The quantitative estimate of drug-likeness (QED) is 0.829. The second-order valence-electron chi connectivity index (χ2n) is 5.72. The highest BCUT2D eigenvalue weighted by Gasteiger charge is 2.22. The molecule has 8 heteroatoms. The average Bonchev–Trinajstić information content (AvgIpc) is 2.92. The Morgan fingerprint density at radius 2 is 2.00 bits per heavy atom. The van der Waals surface area contributed by atoms with Crippen molar-refractivity contribution in [2.45, 2.75) is 19.8 Å². The molecule has 0 N–H and O–H groups in total. The molecule has 1 amide bonds. The normalized spacial score (nSPS) is 15.0. The third-order valence-corrected chi connectivity index (χ3v) is 4.71. The van der Waals surface area contributed by atoms with Crippen LogP contribution in [-0.4, -0.2) is 47.1 Å². The van der Waals surface area contributed by atoms with Gasteiger partial charge < -0.3 is 14.3 Å². The lowest BCUT2D eigenvalue weighted by Gasteiger charge is -2.35. The lowest BCUT2D eigenvalue weighted by atomic mass is 10.1. The number of aromatic nitrogens is 2. The van der Waals surface area contributed by atoms with Crippen LogP contribution in [0.1, 0.15) is 17.7 Å². The van der Waals surface area contributed by atoms with E-state index in [-0.39, 0.29) is 11.1 Å². The van der Waals surface area contributed by atoms with Crippen LogP contribution in [0.2, 0.25) is 10.2 Å². The molecule has 1 saturated heterocycles. The first-order chi connectivity index (χ1) is 11.5. The third-order valence-electron chi connectivity index (χ3n) is 4.19. The van der Waals surface area contributed by atoms with E-state index < -0.39 is 0 Å². The molecule has 0 aliphatic carbocycles. The molecule has 0 saturated carbocycles. The molecule has 24 heavy (non-hydrogen) atoms. The zero-order chi connectivity index (χ0) is 17.1. The molecule has 3 rings (SSSR count). The standard InChI is InChI=1S/C16H18Cl2N4O2/c1-11-13(16(18)24-20-11)3-5-15(23)22-8-6-21(7-9-22)14-4-2-12(17)10-19-14/h2,4,10H,3,5-9H2,1H3. The number of carbonyl (C=O) groups excluding carboxylic acids is 1. The van der Waals surface area contributed by atoms with Gasteiger partial charge in [-0.1, -0.05) is 16.8 Å². The molecule has 0 unspecified atom stereocenters. The second kappa shape index (κ2) is 7.40. The fourth-order valence-corrected chi connectivity index (χ4v) is 3.15. The van der Waals surface area contributed by atoms with E-state index in [0.717, 1.165) is 30.2 Å². The highest BCUT2D eigenvalue weighted by Crippen LogP contribution is 2.21. The Balaban J connectivity index is 1.51. The van der Waals surface area contributed by atoms with Gasteiger partial charge in [-0.25, -0.2) is 4.98 Å². The van der Waals surface area contributed by atoms with Gasteiger partial charge in [0.05, 0.1) is 10.7 Å². The largest absolute Gasteiger partial charge is 0.353 e. The Hall–Kier alpha value is -1.79. The maximum Gasteiger partial charge on any atom is 0.229 e. The van der Waals surface area contributed by atoms with Crippen LogP contribution in [0.15, 0.2) is 22.9 Å². The molecular weight excluding hydrogens is 351 g/mol. The molecule has 2 aromatic heterocycles. The van der Waals surface area contributed by atoms with Crippen molar-refractivity contribution >= 4 is 34.9 Å². The van der Waals surface area contributed by atoms with Crippen molar-refractivity contribution in [1.29, 1.82) is 0 Å². The highest BCUT2D eigenvalue weighted by atomic mass is 35.5. The van der Waals surface area contributed by atoms with E-state index in [2.05, 4.69) is 15.0 Å². The summed E-state index contributed by atoms with van der Waals surface area (Å²) in [6, 6.07) is 3.73. The number of nitrogens with zero attached hydrogens (tertiary/aromatic N) is 4. The SMILES string of the molecule is Cc1noc(Cl)c1CCC(=O)N1CCN(c2ccc(Cl)cn2)CC1. The number of anilines is 1. The van der Waals surface area contributed by atoms with Gasteiger partial charge in [0.25, 0.3) is 0 Å². The van der Waals surface area contributed by atoms with E-state index >= 15 is 0 Å². The number of pyridine rings is 1. The molecule has 3 heterocycles. The van der Waals surface area contributed by atoms with Gasteiger partial charge in [-0.15, -0.1) is 0 Å². The summed E-state index contributed by atoms with van der Waals surface area (Å²) in [5, 5.41) is 4.70. The van der Waals surface area contributed by atoms with Gasteiger partial charge in [0, 0.05) is 44.4 Å². The van der Waals surface area contributed by atoms with Crippen LogP contribution in [0.4, 0.5) is 5.82 Å². The summed E-state index contributed by atoms with van der Waals surface area (Å²) in [6.07, 6.45) is 2.59. The number of aryl methyl sites for hydroxylation is 1. The summed E-state index contributed by atoms with van der Waals surface area (Å²) >= 11 is 11.8. The molecule has 128 valence electrons. The van der Waals surface area contributed by atoms with Gasteiger partial charge >= 0.3 is 0 Å². The van der Waals surface area contributed by atoms with Crippen LogP contribution < -0.4 is 4.90 Å². The Morgan fingerprint density at radius 3 is 2.58 bits per heavy atom. The van der Waals surface area contributed by atoms with E-state index in [1.165, 1.54) is 0 Å². The summed E-state index contributed by atoms with van der Waals surface area (Å²) in [5.74, 6) is 1.01. The first-order valence-corrected chi connectivity index (χ1v) is 8.55. The average molecular weight is 369 g/mol. The lowest BCUT2D eigenvalue weighted by molar-refractivity contribution is -0.131. The van der Waals surface area contributed by atoms with Crippen molar-refractivity contribution in [3.05, 3.63) is 39.8 Å². The zero-order valence-corrected chi connectivity index (χ0v) is 14.8. The number of carbonyl (C=O) groups is 1. The van der Waals surface area contributed by atoms with Crippen molar-refractivity contribution in [3.63, 3.8) is 0 Å². The minimum absolute atomic E-state index is 0.121. The van der Waals surface area contributed by atoms with E-state index in [9.17, 15) is 4.79 Å². The van der Waals surface area contributed by atoms with Crippen LogP contribution in [0.25, 0.3) is 0 Å². The van der Waals surface area contributed by atoms with E-state index in [0.29, 0.717) is 31.0 Å². The van der Waals surface area contributed by atoms with Crippen molar-refractivity contribution in [1.82, 2.24) is 15.0 Å². The minimum Gasteiger partial charge on any atom is -0.353 e. The summed E-state index contributed by atoms with van der Waals surface area (Å²) in [7, 11) is 0. The first-order valence-electron chi connectivity index (χ1n) is 7.79. The molecule has 1 fully saturated rings. The van der Waals surface area contributed by atoms with Crippen LogP contribution in [0.5, 0.6) is 0 Å². The maximum atomic E-state index is 12.4. The van der Waals surface area contributed by atoms with E-state index in [1.807, 2.05) is 24.0 Å². The summed E-state index contributed by atoms with van der Waals surface area (Å²) in [5.41, 5.74) is 1.56. The predicted molar refractivity (Wildman–Crippen MR) is 92.6 cm³/mol. The Morgan fingerprint density at radius 1 is 1.25 bits per heavy atom. The number of hydrogen-bond acceptors (Lipinski definition) is 5. The van der Waals surface area contributed by atoms with Gasteiger partial charge in [-0.2, -0.15) is 0 Å². The highest BCUT2D eigenvalue weighted by molar-refractivity contribution is 6.30. The van der Waals surface area contributed by atoms with Crippen LogP contribution in [0, 0.1) is 6.92 Å². The molecule has 0 atom stereocenters. The van der Waals surface area contributed by atoms with Crippen LogP contribution in [0.3, 0.4) is 0 Å². The molecule has 0 aromatic carbocycles. The first kappa shape index (κ1) is 17.0. The topological polar surface area (TPSA) is 62.5 Å². The zero-order valence-electron chi connectivity index (χ0n) is 13.3. The van der Waals surface area contributed by atoms with E-state index in [1.54, 1.807) is 6.20 Å². The molecule has 1 aliphatic rings. The maximum absolute atomic E-state index is 12.4. The predicted octanol–water partition coefficient (Wildman–Crippen LogP) is 2.97. The molecule has 0 spiro atoms. The number of hydrogen-bond donors (Lipinski definition) is 0. The minimum atomic E-state index is 0.121. The second-order valence-corrected chi connectivity index (χ2v) is 6.50. The summed E-state index contributed by atoms with van der Waals surface area (Å²) < 4.78 is 4.91. The number of piperazine rings is 1. The molecular formula is C16H18Cl2N4O2. The monoisotopic (exact) mass is 368 g/mol. The number of amides is 1. The van der Waals surface area contributed by atoms with Gasteiger partial charge in [-0.05, 0) is 37.1 Å². The van der Waals surface area contributed by atoms with Gasteiger partial charge in [0.2, 0.25) is 11.1 Å². The van der Waals surface area contributed by atoms with Crippen molar-refractivity contribution in [2.75, 3.05) is 31.1 Å². The van der Waals surface area contributed by atoms with Crippen LogP contribution in [-0.2, 0) is 11.2 Å². The number of halogens is 2. The molecule has 0 bridgehead atoms. The van der Waals surface area contributed by atoms with Crippen molar-refractivity contribution in [2.24, 2.45) is 0 Å². The molecule has 1 aliphatic heterocycles. The fraction of sp³-hybridized carbons (Fsp3) is 0.438. The Bertz CT molecular complexity index is 690. The van der Waals surface area contributed by atoms with Gasteiger partial charge in [0.1, 0.15) is 5.82 Å². The van der Waals surface area contributed by atoms with Gasteiger partial charge in [-0.3, -0.25) is 4.79 Å². The summed E-state index contributed by atoms with van der Waals surface area (Å²) in [4.78, 5) is 20.7. The summed E-state index contributed by atoms with van der Waals surface area (Å²) in [6.45, 7) is 4.70.